The highest BCUT2D eigenvalue weighted by Gasteiger charge is 2.31. The standard InChI is InChI=1S/C17H21N5O2/c1-9-11-7-23-17(2,3)6-10(11)12-13-14(24-16(12)22-9)15(19-5-4-18)21-8-20-13/h8H,4-7,18H2,1-3H3,(H,19,20,21)/p+1. The maximum Gasteiger partial charge on any atom is 0.229 e. The van der Waals surface area contributed by atoms with E-state index >= 15 is 0 Å². The van der Waals surface area contributed by atoms with Crippen LogP contribution in [-0.4, -0.2) is 33.6 Å². The summed E-state index contributed by atoms with van der Waals surface area (Å²) < 4.78 is 12.0. The van der Waals surface area contributed by atoms with Gasteiger partial charge in [0, 0.05) is 17.7 Å². The van der Waals surface area contributed by atoms with Crippen molar-refractivity contribution in [2.45, 2.75) is 39.4 Å². The summed E-state index contributed by atoms with van der Waals surface area (Å²) in [5, 5.41) is 4.24. The van der Waals surface area contributed by atoms with E-state index in [-0.39, 0.29) is 5.60 Å². The average molecular weight is 328 g/mol. The molecule has 0 amide bonds. The fourth-order valence-corrected chi connectivity index (χ4v) is 3.30. The molecule has 4 rings (SSSR count). The van der Waals surface area contributed by atoms with Crippen molar-refractivity contribution < 1.29 is 14.9 Å². The normalized spacial score (nSPS) is 16.5. The van der Waals surface area contributed by atoms with Gasteiger partial charge in [0.2, 0.25) is 5.71 Å². The van der Waals surface area contributed by atoms with Crippen LogP contribution >= 0.6 is 0 Å². The van der Waals surface area contributed by atoms with Crippen LogP contribution in [0.4, 0.5) is 5.82 Å². The molecule has 0 bridgehead atoms. The van der Waals surface area contributed by atoms with Crippen molar-refractivity contribution in [2.75, 3.05) is 18.4 Å². The first kappa shape index (κ1) is 15.3. The molecule has 1 aliphatic rings. The van der Waals surface area contributed by atoms with E-state index in [1.807, 2.05) is 6.92 Å². The Kier molecular flexibility index (Phi) is 3.43. The second-order valence-electron chi connectivity index (χ2n) is 6.84. The van der Waals surface area contributed by atoms with Gasteiger partial charge in [-0.05, 0) is 26.3 Å². The number of hydrogen-bond acceptors (Lipinski definition) is 6. The van der Waals surface area contributed by atoms with Crippen LogP contribution in [0.2, 0.25) is 0 Å². The zero-order chi connectivity index (χ0) is 16.9. The summed E-state index contributed by atoms with van der Waals surface area (Å²) in [7, 11) is 0. The van der Waals surface area contributed by atoms with E-state index in [2.05, 4.69) is 39.8 Å². The zero-order valence-corrected chi connectivity index (χ0v) is 14.3. The van der Waals surface area contributed by atoms with E-state index in [0.717, 1.165) is 41.7 Å². The molecule has 0 radical (unpaired) electrons. The topological polar surface area (TPSA) is 101 Å². The van der Waals surface area contributed by atoms with Crippen molar-refractivity contribution in [1.29, 1.82) is 0 Å². The van der Waals surface area contributed by atoms with Crippen LogP contribution in [0.15, 0.2) is 10.7 Å². The fraction of sp³-hybridized carbons (Fsp3) is 0.471. The second-order valence-corrected chi connectivity index (χ2v) is 6.84. The maximum atomic E-state index is 6.04. The maximum absolute atomic E-state index is 6.04. The minimum atomic E-state index is -0.209. The van der Waals surface area contributed by atoms with Crippen LogP contribution < -0.4 is 11.1 Å². The number of rotatable bonds is 3. The number of nitrogens with one attached hydrogen (secondary N) is 1. The minimum Gasteiger partial charge on any atom is -0.432 e. The summed E-state index contributed by atoms with van der Waals surface area (Å²) in [6.45, 7) is 8.28. The lowest BCUT2D eigenvalue weighted by molar-refractivity contribution is -0.362. The summed E-state index contributed by atoms with van der Waals surface area (Å²) in [6.07, 6.45) is 2.38. The van der Waals surface area contributed by atoms with Gasteiger partial charge in [-0.15, -0.1) is 0 Å². The molecule has 3 aromatic rings. The molecule has 126 valence electrons. The Hall–Kier alpha value is -2.25. The molecule has 0 atom stereocenters. The average Bonchev–Trinajstić information content (AvgIpc) is 2.90. The summed E-state index contributed by atoms with van der Waals surface area (Å²) >= 11 is 0. The van der Waals surface area contributed by atoms with Gasteiger partial charge in [0.05, 0.1) is 30.7 Å². The van der Waals surface area contributed by atoms with Crippen molar-refractivity contribution in [3.05, 3.63) is 23.1 Å². The third-order valence-electron chi connectivity index (χ3n) is 4.50. The number of nitrogens with zero attached hydrogens (tertiary/aromatic N) is 3. The number of anilines is 1. The van der Waals surface area contributed by atoms with E-state index in [1.165, 1.54) is 5.56 Å². The quantitative estimate of drug-likeness (QED) is 0.757. The molecule has 24 heavy (non-hydrogen) atoms. The lowest BCUT2D eigenvalue weighted by atomic mass is 9.89. The number of aryl methyl sites for hydroxylation is 1. The van der Waals surface area contributed by atoms with Crippen molar-refractivity contribution in [1.82, 2.24) is 15.0 Å². The van der Waals surface area contributed by atoms with Crippen LogP contribution in [0.3, 0.4) is 0 Å². The van der Waals surface area contributed by atoms with Crippen LogP contribution in [0, 0.1) is 6.92 Å². The Morgan fingerprint density at radius 1 is 1.29 bits per heavy atom. The number of fused-ring (bicyclic) bond motifs is 5. The molecular formula is C17H22N5O2+. The van der Waals surface area contributed by atoms with E-state index in [9.17, 15) is 0 Å². The van der Waals surface area contributed by atoms with Gasteiger partial charge >= 0.3 is 0 Å². The van der Waals surface area contributed by atoms with Gasteiger partial charge < -0.3 is 20.2 Å². The van der Waals surface area contributed by atoms with Gasteiger partial charge in [0.15, 0.2) is 11.4 Å². The first-order valence-electron chi connectivity index (χ1n) is 8.23. The molecule has 1 aliphatic heterocycles. The molecule has 4 heterocycles. The van der Waals surface area contributed by atoms with Gasteiger partial charge in [0.25, 0.3) is 0 Å². The molecular weight excluding hydrogens is 306 g/mol. The molecule has 0 aromatic carbocycles. The first-order valence-corrected chi connectivity index (χ1v) is 8.23. The molecule has 0 aliphatic carbocycles. The van der Waals surface area contributed by atoms with E-state index < -0.39 is 0 Å². The highest BCUT2D eigenvalue weighted by atomic mass is 16.5. The highest BCUT2D eigenvalue weighted by Crippen LogP contribution is 2.39. The van der Waals surface area contributed by atoms with Gasteiger partial charge in [-0.25, -0.2) is 15.0 Å². The molecule has 0 saturated carbocycles. The van der Waals surface area contributed by atoms with Crippen molar-refractivity contribution in [3.63, 3.8) is 0 Å². The molecule has 4 N–H and O–H groups in total. The molecule has 3 aromatic heterocycles. The highest BCUT2D eigenvalue weighted by molar-refractivity contribution is 6.06. The monoisotopic (exact) mass is 328 g/mol. The molecule has 7 nitrogen and oxygen atoms in total. The molecule has 0 unspecified atom stereocenters. The van der Waals surface area contributed by atoms with Crippen LogP contribution in [0.25, 0.3) is 22.2 Å². The lowest BCUT2D eigenvalue weighted by Gasteiger charge is -2.32. The summed E-state index contributed by atoms with van der Waals surface area (Å²) in [6, 6.07) is 0. The first-order chi connectivity index (χ1) is 11.5. The number of pyridine rings is 1. The van der Waals surface area contributed by atoms with Gasteiger partial charge in [-0.1, -0.05) is 0 Å². The largest absolute Gasteiger partial charge is 0.432 e. The van der Waals surface area contributed by atoms with Gasteiger partial charge in [-0.2, -0.15) is 0 Å². The minimum absolute atomic E-state index is 0.209. The Labute approximate surface area is 139 Å². The summed E-state index contributed by atoms with van der Waals surface area (Å²) in [5.74, 6) is 0.694. The summed E-state index contributed by atoms with van der Waals surface area (Å²) in [4.78, 5) is 13.4. The van der Waals surface area contributed by atoms with Gasteiger partial charge in [-0.3, -0.25) is 0 Å². The molecule has 7 heteroatoms. The predicted octanol–water partition coefficient (Wildman–Crippen LogP) is 1.58. The second kappa shape index (κ2) is 5.39. The van der Waals surface area contributed by atoms with Crippen LogP contribution in [0.5, 0.6) is 0 Å². The van der Waals surface area contributed by atoms with E-state index in [0.29, 0.717) is 23.7 Å². The van der Waals surface area contributed by atoms with Crippen molar-refractivity contribution >= 4 is 28.0 Å². The predicted molar refractivity (Wildman–Crippen MR) is 90.7 cm³/mol. The lowest BCUT2D eigenvalue weighted by Crippen LogP contribution is -2.53. The summed E-state index contributed by atoms with van der Waals surface area (Å²) in [5.41, 5.74) is 9.06. The number of quaternary nitrogens is 1. The number of ether oxygens (including phenoxy) is 1. The Morgan fingerprint density at radius 3 is 2.92 bits per heavy atom. The fourth-order valence-electron chi connectivity index (χ4n) is 3.30. The molecule has 0 fully saturated rings. The van der Waals surface area contributed by atoms with Crippen LogP contribution in [-0.2, 0) is 17.8 Å². The number of furan rings is 1. The third kappa shape index (κ3) is 2.32. The Balaban J connectivity index is 2.01. The van der Waals surface area contributed by atoms with Crippen molar-refractivity contribution in [2.24, 2.45) is 0 Å². The van der Waals surface area contributed by atoms with Crippen molar-refractivity contribution in [3.8, 4) is 0 Å². The van der Waals surface area contributed by atoms with E-state index in [4.69, 9.17) is 9.15 Å². The SMILES string of the molecule is Cc1nc2oc3c(NCC[NH3+])ncnc3c2c2c1COC(C)(C)C2. The number of aromatic nitrogens is 3. The van der Waals surface area contributed by atoms with E-state index in [1.54, 1.807) is 6.33 Å². The molecule has 0 saturated heterocycles. The van der Waals surface area contributed by atoms with Crippen LogP contribution in [0.1, 0.15) is 30.7 Å². The molecule has 0 spiro atoms. The Bertz CT molecular complexity index is 932. The Morgan fingerprint density at radius 2 is 2.12 bits per heavy atom. The third-order valence-corrected chi connectivity index (χ3v) is 4.50. The van der Waals surface area contributed by atoms with Gasteiger partial charge in [0.1, 0.15) is 11.8 Å². The zero-order valence-electron chi connectivity index (χ0n) is 14.3. The number of hydrogen-bond donors (Lipinski definition) is 2. The smallest absolute Gasteiger partial charge is 0.229 e.